The highest BCUT2D eigenvalue weighted by atomic mass is 32.1. The maximum Gasteiger partial charge on any atom is 0.262 e. The Morgan fingerprint density at radius 2 is 2.25 bits per heavy atom. The van der Waals surface area contributed by atoms with Crippen molar-refractivity contribution < 1.29 is 4.79 Å². The van der Waals surface area contributed by atoms with Gasteiger partial charge in [-0.25, -0.2) is 0 Å². The summed E-state index contributed by atoms with van der Waals surface area (Å²) in [5.74, 6) is 0.259. The minimum atomic E-state index is -0.237. The van der Waals surface area contributed by atoms with Crippen LogP contribution < -0.4 is 5.32 Å². The minimum Gasteiger partial charge on any atom is -0.348 e. The average molecular weight is 288 g/mol. The monoisotopic (exact) mass is 288 g/mol. The van der Waals surface area contributed by atoms with Crippen LogP contribution in [0, 0.1) is 24.2 Å². The van der Waals surface area contributed by atoms with Crippen molar-refractivity contribution in [3.8, 4) is 6.07 Å². The smallest absolute Gasteiger partial charge is 0.262 e. The van der Waals surface area contributed by atoms with Gasteiger partial charge in [0.15, 0.2) is 0 Å². The van der Waals surface area contributed by atoms with E-state index in [4.69, 9.17) is 0 Å². The van der Waals surface area contributed by atoms with Crippen LogP contribution in [0.5, 0.6) is 0 Å². The number of carbonyl (C=O) groups excluding carboxylic acids is 1. The van der Waals surface area contributed by atoms with Crippen LogP contribution in [0.25, 0.3) is 6.08 Å². The topological polar surface area (TPSA) is 52.9 Å². The predicted octanol–water partition coefficient (Wildman–Crippen LogP) is 3.66. The molecule has 2 rings (SSSR count). The van der Waals surface area contributed by atoms with Crippen LogP contribution in [0.2, 0.25) is 0 Å². The Morgan fingerprint density at radius 3 is 2.85 bits per heavy atom. The fourth-order valence-electron chi connectivity index (χ4n) is 2.59. The van der Waals surface area contributed by atoms with Gasteiger partial charge in [-0.15, -0.1) is 11.3 Å². The van der Waals surface area contributed by atoms with Crippen molar-refractivity contribution in [1.82, 2.24) is 5.32 Å². The minimum absolute atomic E-state index is 0.202. The maximum absolute atomic E-state index is 12.2. The van der Waals surface area contributed by atoms with Gasteiger partial charge in [-0.2, -0.15) is 5.26 Å². The lowest BCUT2D eigenvalue weighted by Gasteiger charge is -2.29. The molecule has 0 bridgehead atoms. The van der Waals surface area contributed by atoms with Crippen LogP contribution in [-0.4, -0.2) is 11.9 Å². The van der Waals surface area contributed by atoms with Crippen molar-refractivity contribution in [1.29, 1.82) is 5.26 Å². The molecule has 1 fully saturated rings. The molecule has 0 saturated heterocycles. The van der Waals surface area contributed by atoms with E-state index in [1.807, 2.05) is 24.4 Å². The molecule has 4 heteroatoms. The van der Waals surface area contributed by atoms with Crippen LogP contribution >= 0.6 is 11.3 Å². The first-order chi connectivity index (χ1) is 9.61. The lowest BCUT2D eigenvalue weighted by Crippen LogP contribution is -2.41. The Morgan fingerprint density at radius 1 is 1.50 bits per heavy atom. The third-order valence-corrected chi connectivity index (χ3v) is 4.94. The van der Waals surface area contributed by atoms with Gasteiger partial charge in [-0.1, -0.05) is 19.8 Å². The quantitative estimate of drug-likeness (QED) is 0.681. The number of hydrogen-bond acceptors (Lipinski definition) is 3. The fourth-order valence-corrected chi connectivity index (χ4v) is 3.45. The van der Waals surface area contributed by atoms with E-state index in [9.17, 15) is 10.1 Å². The Hall–Kier alpha value is -1.60. The zero-order valence-corrected chi connectivity index (χ0v) is 12.8. The number of carbonyl (C=O) groups is 1. The van der Waals surface area contributed by atoms with Gasteiger partial charge in [-0.05, 0) is 48.8 Å². The number of nitrogens with zero attached hydrogens (tertiary/aromatic N) is 1. The van der Waals surface area contributed by atoms with E-state index in [2.05, 4.69) is 12.2 Å². The van der Waals surface area contributed by atoms with Gasteiger partial charge in [0.25, 0.3) is 5.91 Å². The van der Waals surface area contributed by atoms with E-state index in [0.717, 1.165) is 29.7 Å². The summed E-state index contributed by atoms with van der Waals surface area (Å²) in [7, 11) is 0. The second-order valence-corrected chi connectivity index (χ2v) is 6.43. The Labute approximate surface area is 124 Å². The number of thiophene rings is 1. The van der Waals surface area contributed by atoms with Crippen LogP contribution in [0.15, 0.2) is 17.0 Å². The summed E-state index contributed by atoms with van der Waals surface area (Å²) < 4.78 is 0. The van der Waals surface area contributed by atoms with Crippen molar-refractivity contribution in [2.24, 2.45) is 5.92 Å². The molecule has 0 aromatic carbocycles. The molecule has 0 unspecified atom stereocenters. The molecular formula is C16H20N2OS. The van der Waals surface area contributed by atoms with E-state index in [1.165, 1.54) is 6.42 Å². The molecule has 3 nitrogen and oxygen atoms in total. The molecule has 0 aliphatic heterocycles. The van der Waals surface area contributed by atoms with Crippen LogP contribution in [0.4, 0.5) is 0 Å². The Bertz CT molecular complexity index is 553. The molecular weight excluding hydrogens is 268 g/mol. The molecule has 20 heavy (non-hydrogen) atoms. The number of rotatable bonds is 3. The van der Waals surface area contributed by atoms with E-state index in [1.54, 1.807) is 17.4 Å². The molecule has 1 aliphatic rings. The summed E-state index contributed by atoms with van der Waals surface area (Å²) in [5, 5.41) is 14.2. The van der Waals surface area contributed by atoms with Crippen LogP contribution in [-0.2, 0) is 4.79 Å². The fraction of sp³-hybridized carbons (Fsp3) is 0.500. The van der Waals surface area contributed by atoms with Crippen molar-refractivity contribution >= 4 is 23.3 Å². The van der Waals surface area contributed by atoms with Crippen molar-refractivity contribution in [2.45, 2.75) is 45.6 Å². The molecule has 1 saturated carbocycles. The molecule has 1 aromatic rings. The van der Waals surface area contributed by atoms with Crippen LogP contribution in [0.3, 0.4) is 0 Å². The second kappa shape index (κ2) is 6.71. The number of amides is 1. The van der Waals surface area contributed by atoms with Gasteiger partial charge in [0.1, 0.15) is 11.6 Å². The Kier molecular flexibility index (Phi) is 4.97. The molecule has 0 spiro atoms. The summed E-state index contributed by atoms with van der Waals surface area (Å²) in [6, 6.07) is 4.23. The van der Waals surface area contributed by atoms with Gasteiger partial charge in [0.2, 0.25) is 0 Å². The SMILES string of the molecule is Cc1ccsc1/C=C(\C#N)C(=O)N[C@@H]1CCCC[C@H]1C. The summed E-state index contributed by atoms with van der Waals surface area (Å²) in [6.45, 7) is 4.15. The molecule has 1 N–H and O–H groups in total. The highest BCUT2D eigenvalue weighted by Crippen LogP contribution is 2.24. The maximum atomic E-state index is 12.2. The molecule has 0 radical (unpaired) electrons. The first-order valence-corrected chi connectivity index (χ1v) is 7.96. The predicted molar refractivity (Wildman–Crippen MR) is 82.2 cm³/mol. The number of hydrogen-bond donors (Lipinski definition) is 1. The van der Waals surface area contributed by atoms with Crippen LogP contribution in [0.1, 0.15) is 43.0 Å². The van der Waals surface area contributed by atoms with Crippen molar-refractivity contribution in [3.63, 3.8) is 0 Å². The standard InChI is InChI=1S/C16H20N2OS/c1-11-5-3-4-6-14(11)18-16(19)13(10-17)9-15-12(2)7-8-20-15/h7-9,11,14H,3-6H2,1-2H3,(H,18,19)/b13-9+/t11-,14-/m1/s1. The highest BCUT2D eigenvalue weighted by molar-refractivity contribution is 7.11. The summed E-state index contributed by atoms with van der Waals surface area (Å²) in [4.78, 5) is 13.2. The highest BCUT2D eigenvalue weighted by Gasteiger charge is 2.24. The van der Waals surface area contributed by atoms with Gasteiger partial charge in [-0.3, -0.25) is 4.79 Å². The van der Waals surface area contributed by atoms with Crippen molar-refractivity contribution in [2.75, 3.05) is 0 Å². The molecule has 1 amide bonds. The Balaban J connectivity index is 2.08. The normalized spacial score (nSPS) is 23.1. The largest absolute Gasteiger partial charge is 0.348 e. The zero-order valence-electron chi connectivity index (χ0n) is 12.0. The van der Waals surface area contributed by atoms with E-state index in [-0.39, 0.29) is 17.5 Å². The summed E-state index contributed by atoms with van der Waals surface area (Å²) >= 11 is 1.55. The van der Waals surface area contributed by atoms with Gasteiger partial charge in [0.05, 0.1) is 0 Å². The zero-order chi connectivity index (χ0) is 14.5. The van der Waals surface area contributed by atoms with E-state index >= 15 is 0 Å². The average Bonchev–Trinajstić information content (AvgIpc) is 2.84. The lowest BCUT2D eigenvalue weighted by atomic mass is 9.86. The van der Waals surface area contributed by atoms with Gasteiger partial charge >= 0.3 is 0 Å². The number of nitriles is 1. The summed E-state index contributed by atoms with van der Waals surface area (Å²) in [6.07, 6.45) is 6.26. The summed E-state index contributed by atoms with van der Waals surface area (Å²) in [5.41, 5.74) is 1.30. The third-order valence-electron chi connectivity index (χ3n) is 3.97. The number of nitrogens with one attached hydrogen (secondary N) is 1. The molecule has 2 atom stereocenters. The lowest BCUT2D eigenvalue weighted by molar-refractivity contribution is -0.118. The molecule has 1 aliphatic carbocycles. The van der Waals surface area contributed by atoms with Gasteiger partial charge in [0, 0.05) is 10.9 Å². The number of aryl methyl sites for hydroxylation is 1. The second-order valence-electron chi connectivity index (χ2n) is 5.48. The molecule has 1 heterocycles. The first kappa shape index (κ1) is 14.8. The first-order valence-electron chi connectivity index (χ1n) is 7.08. The van der Waals surface area contributed by atoms with Gasteiger partial charge < -0.3 is 5.32 Å². The molecule has 106 valence electrons. The third kappa shape index (κ3) is 3.49. The molecule has 1 aromatic heterocycles. The van der Waals surface area contributed by atoms with Crippen molar-refractivity contribution in [3.05, 3.63) is 27.5 Å². The van der Waals surface area contributed by atoms with E-state index in [0.29, 0.717) is 5.92 Å². The van der Waals surface area contributed by atoms with E-state index < -0.39 is 0 Å².